The van der Waals surface area contributed by atoms with Crippen molar-refractivity contribution in [3.8, 4) is 0 Å². The first-order valence-corrected chi connectivity index (χ1v) is 5.89. The summed E-state index contributed by atoms with van der Waals surface area (Å²) in [4.78, 5) is 21.1. The zero-order valence-corrected chi connectivity index (χ0v) is 10.2. The predicted octanol–water partition coefficient (Wildman–Crippen LogP) is 1.93. The maximum absolute atomic E-state index is 10.7. The molecule has 5 nitrogen and oxygen atoms in total. The highest BCUT2D eigenvalue weighted by Gasteiger charge is 2.11. The Morgan fingerprint density at radius 1 is 1.33 bits per heavy atom. The highest BCUT2D eigenvalue weighted by atomic mass is 16.4. The van der Waals surface area contributed by atoms with E-state index in [0.29, 0.717) is 13.1 Å². The molecule has 0 atom stereocenters. The quantitative estimate of drug-likeness (QED) is 0.871. The molecule has 5 heteroatoms. The van der Waals surface area contributed by atoms with E-state index < -0.39 is 5.97 Å². The third-order valence-electron chi connectivity index (χ3n) is 2.80. The third-order valence-corrected chi connectivity index (χ3v) is 2.80. The fourth-order valence-electron chi connectivity index (χ4n) is 1.89. The zero-order valence-electron chi connectivity index (χ0n) is 10.2. The molecular formula is C13H15N3O2. The molecular weight excluding hydrogens is 230 g/mol. The van der Waals surface area contributed by atoms with Crippen molar-refractivity contribution < 1.29 is 9.90 Å². The van der Waals surface area contributed by atoms with Gasteiger partial charge in [-0.1, -0.05) is 12.1 Å². The monoisotopic (exact) mass is 245 g/mol. The second-order valence-corrected chi connectivity index (χ2v) is 3.94. The Bertz CT molecular complexity index is 551. The summed E-state index contributed by atoms with van der Waals surface area (Å²) in [5.74, 6) is -0.00355. The first-order valence-electron chi connectivity index (χ1n) is 5.89. The number of anilines is 1. The summed E-state index contributed by atoms with van der Waals surface area (Å²) >= 11 is 0. The van der Waals surface area contributed by atoms with Gasteiger partial charge in [0.2, 0.25) is 0 Å². The van der Waals surface area contributed by atoms with Crippen LogP contribution in [0.4, 0.5) is 5.82 Å². The van der Waals surface area contributed by atoms with Crippen LogP contribution in [0.25, 0.3) is 10.9 Å². The van der Waals surface area contributed by atoms with E-state index in [1.165, 1.54) is 6.33 Å². The summed E-state index contributed by atoms with van der Waals surface area (Å²) in [6, 6.07) is 7.73. The zero-order chi connectivity index (χ0) is 13.0. The number of rotatable bonds is 5. The van der Waals surface area contributed by atoms with Crippen molar-refractivity contribution in [3.05, 3.63) is 30.6 Å². The molecule has 0 spiro atoms. The van der Waals surface area contributed by atoms with Gasteiger partial charge in [0.1, 0.15) is 12.1 Å². The minimum Gasteiger partial charge on any atom is -0.481 e. The maximum atomic E-state index is 10.7. The molecule has 2 rings (SSSR count). The molecule has 0 saturated heterocycles. The lowest BCUT2D eigenvalue weighted by atomic mass is 10.2. The summed E-state index contributed by atoms with van der Waals surface area (Å²) < 4.78 is 0. The van der Waals surface area contributed by atoms with Crippen LogP contribution in [0, 0.1) is 0 Å². The molecule has 1 aromatic heterocycles. The first-order chi connectivity index (χ1) is 8.72. The first kappa shape index (κ1) is 12.3. The molecule has 1 N–H and O–H groups in total. The molecule has 0 aliphatic heterocycles. The molecule has 0 radical (unpaired) electrons. The molecule has 18 heavy (non-hydrogen) atoms. The number of carboxylic acids is 1. The molecule has 1 aromatic carbocycles. The second kappa shape index (κ2) is 5.44. The van der Waals surface area contributed by atoms with Gasteiger partial charge in [0, 0.05) is 18.5 Å². The number of carboxylic acid groups (broad SMARTS) is 1. The molecule has 0 amide bonds. The Kier molecular flexibility index (Phi) is 3.72. The molecule has 0 fully saturated rings. The number of hydrogen-bond donors (Lipinski definition) is 1. The van der Waals surface area contributed by atoms with E-state index in [2.05, 4.69) is 9.97 Å². The summed E-state index contributed by atoms with van der Waals surface area (Å²) in [6.45, 7) is 3.15. The Balaban J connectivity index is 2.35. The number of carbonyl (C=O) groups is 1. The average Bonchev–Trinajstić information content (AvgIpc) is 2.39. The van der Waals surface area contributed by atoms with Gasteiger partial charge in [0.25, 0.3) is 0 Å². The number of aromatic nitrogens is 2. The Labute approximate surface area is 105 Å². The van der Waals surface area contributed by atoms with E-state index in [4.69, 9.17) is 5.11 Å². The second-order valence-electron chi connectivity index (χ2n) is 3.94. The number of benzene rings is 1. The van der Waals surface area contributed by atoms with Gasteiger partial charge in [-0.3, -0.25) is 4.79 Å². The maximum Gasteiger partial charge on any atom is 0.305 e. The summed E-state index contributed by atoms with van der Waals surface area (Å²) in [6.07, 6.45) is 1.62. The third kappa shape index (κ3) is 2.56. The van der Waals surface area contributed by atoms with E-state index in [0.717, 1.165) is 16.7 Å². The van der Waals surface area contributed by atoms with Crippen molar-refractivity contribution in [1.29, 1.82) is 0 Å². The lowest BCUT2D eigenvalue weighted by molar-refractivity contribution is -0.136. The number of hydrogen-bond acceptors (Lipinski definition) is 4. The Morgan fingerprint density at radius 3 is 2.83 bits per heavy atom. The standard InChI is InChI=1S/C13H15N3O2/c1-2-16(8-7-12(17)18)13-10-5-3-4-6-11(10)14-9-15-13/h3-6,9H,2,7-8H2,1H3,(H,17,18). The lowest BCUT2D eigenvalue weighted by Crippen LogP contribution is -2.26. The molecule has 0 unspecified atom stereocenters. The van der Waals surface area contributed by atoms with Crippen LogP contribution in [-0.4, -0.2) is 34.1 Å². The number of aliphatic carboxylic acids is 1. The van der Waals surface area contributed by atoms with Crippen LogP contribution in [0.2, 0.25) is 0 Å². The molecule has 2 aromatic rings. The Morgan fingerprint density at radius 2 is 2.11 bits per heavy atom. The van der Waals surface area contributed by atoms with Crippen LogP contribution in [0.5, 0.6) is 0 Å². The fourth-order valence-corrected chi connectivity index (χ4v) is 1.89. The smallest absolute Gasteiger partial charge is 0.305 e. The number of nitrogens with zero attached hydrogens (tertiary/aromatic N) is 3. The van der Waals surface area contributed by atoms with Gasteiger partial charge in [-0.15, -0.1) is 0 Å². The van der Waals surface area contributed by atoms with Gasteiger partial charge in [-0.2, -0.15) is 0 Å². The van der Waals surface area contributed by atoms with Crippen molar-refractivity contribution in [2.45, 2.75) is 13.3 Å². The minimum atomic E-state index is -0.799. The summed E-state index contributed by atoms with van der Waals surface area (Å²) in [7, 11) is 0. The van der Waals surface area contributed by atoms with Crippen LogP contribution in [0.15, 0.2) is 30.6 Å². The van der Waals surface area contributed by atoms with Crippen LogP contribution in [0.3, 0.4) is 0 Å². The van der Waals surface area contributed by atoms with Crippen molar-refractivity contribution in [2.75, 3.05) is 18.0 Å². The molecule has 1 heterocycles. The molecule has 0 aliphatic rings. The largest absolute Gasteiger partial charge is 0.481 e. The van der Waals surface area contributed by atoms with Gasteiger partial charge in [0.15, 0.2) is 0 Å². The van der Waals surface area contributed by atoms with Gasteiger partial charge in [-0.25, -0.2) is 9.97 Å². The van der Waals surface area contributed by atoms with Crippen LogP contribution < -0.4 is 4.90 Å². The van der Waals surface area contributed by atoms with Gasteiger partial charge in [0.05, 0.1) is 11.9 Å². The van der Waals surface area contributed by atoms with E-state index in [-0.39, 0.29) is 6.42 Å². The molecule has 0 saturated carbocycles. The van der Waals surface area contributed by atoms with Crippen LogP contribution in [0.1, 0.15) is 13.3 Å². The summed E-state index contributed by atoms with van der Waals surface area (Å²) in [5, 5.41) is 9.71. The van der Waals surface area contributed by atoms with Crippen LogP contribution in [-0.2, 0) is 4.79 Å². The molecule has 94 valence electrons. The predicted molar refractivity (Wildman–Crippen MR) is 69.7 cm³/mol. The van der Waals surface area contributed by atoms with Gasteiger partial charge in [-0.05, 0) is 19.1 Å². The minimum absolute atomic E-state index is 0.103. The van der Waals surface area contributed by atoms with Crippen molar-refractivity contribution in [3.63, 3.8) is 0 Å². The summed E-state index contributed by atoms with van der Waals surface area (Å²) in [5.41, 5.74) is 0.872. The number of para-hydroxylation sites is 1. The van der Waals surface area contributed by atoms with E-state index in [1.54, 1.807) is 0 Å². The average molecular weight is 245 g/mol. The topological polar surface area (TPSA) is 66.3 Å². The van der Waals surface area contributed by atoms with Gasteiger partial charge >= 0.3 is 5.97 Å². The van der Waals surface area contributed by atoms with Crippen LogP contribution >= 0.6 is 0 Å². The lowest BCUT2D eigenvalue weighted by Gasteiger charge is -2.22. The van der Waals surface area contributed by atoms with Crippen molar-refractivity contribution in [2.24, 2.45) is 0 Å². The highest BCUT2D eigenvalue weighted by Crippen LogP contribution is 2.22. The highest BCUT2D eigenvalue weighted by molar-refractivity contribution is 5.89. The van der Waals surface area contributed by atoms with Gasteiger partial charge < -0.3 is 10.0 Å². The molecule has 0 aliphatic carbocycles. The van der Waals surface area contributed by atoms with E-state index >= 15 is 0 Å². The Hall–Kier alpha value is -2.17. The fraction of sp³-hybridized carbons (Fsp3) is 0.308. The van der Waals surface area contributed by atoms with Crippen molar-refractivity contribution >= 4 is 22.7 Å². The number of fused-ring (bicyclic) bond motifs is 1. The van der Waals surface area contributed by atoms with E-state index in [9.17, 15) is 4.79 Å². The molecule has 0 bridgehead atoms. The normalized spacial score (nSPS) is 10.5. The SMILES string of the molecule is CCN(CCC(=O)O)c1ncnc2ccccc12. The van der Waals surface area contributed by atoms with E-state index in [1.807, 2.05) is 36.1 Å². The van der Waals surface area contributed by atoms with Crippen molar-refractivity contribution in [1.82, 2.24) is 9.97 Å².